The topological polar surface area (TPSA) is 132 Å². The Hall–Kier alpha value is -0.910. The van der Waals surface area contributed by atoms with Crippen molar-refractivity contribution in [3.05, 3.63) is 0 Å². The zero-order valence-electron chi connectivity index (χ0n) is 7.16. The molecule has 0 rings (SSSR count). The summed E-state index contributed by atoms with van der Waals surface area (Å²) in [4.78, 5) is 37.5. The summed E-state index contributed by atoms with van der Waals surface area (Å²) in [5, 5.41) is 16.7. The van der Waals surface area contributed by atoms with Crippen LogP contribution in [0, 0.1) is 5.92 Å². The highest BCUT2D eigenvalue weighted by atomic mass is 31.2. The summed E-state index contributed by atoms with van der Waals surface area (Å²) < 4.78 is 10.5. The third-order valence-corrected chi connectivity index (χ3v) is 2.41. The molecule has 0 saturated carbocycles. The van der Waals surface area contributed by atoms with Crippen molar-refractivity contribution < 1.29 is 34.2 Å². The van der Waals surface area contributed by atoms with E-state index in [2.05, 4.69) is 0 Å². The van der Waals surface area contributed by atoms with Crippen LogP contribution in [-0.2, 0) is 14.2 Å². The van der Waals surface area contributed by atoms with Gasteiger partial charge >= 0.3 is 19.5 Å². The van der Waals surface area contributed by atoms with E-state index in [4.69, 9.17) is 20.0 Å². The largest absolute Gasteiger partial charge is 0.481 e. The SMILES string of the molecule is O=C(O)CC(CC(=O)O)CP(=O)(O)O. The number of hydrogen-bond acceptors (Lipinski definition) is 3. The highest BCUT2D eigenvalue weighted by Crippen LogP contribution is 2.38. The van der Waals surface area contributed by atoms with E-state index >= 15 is 0 Å². The van der Waals surface area contributed by atoms with Crippen molar-refractivity contribution in [1.82, 2.24) is 0 Å². The van der Waals surface area contributed by atoms with Crippen LogP contribution in [0.15, 0.2) is 0 Å². The lowest BCUT2D eigenvalue weighted by Crippen LogP contribution is -2.16. The summed E-state index contributed by atoms with van der Waals surface area (Å²) in [6.07, 6.45) is -1.83. The summed E-state index contributed by atoms with van der Waals surface area (Å²) >= 11 is 0. The zero-order valence-corrected chi connectivity index (χ0v) is 8.05. The molecule has 0 amide bonds. The summed E-state index contributed by atoms with van der Waals surface area (Å²) in [7, 11) is -4.36. The molecule has 82 valence electrons. The summed E-state index contributed by atoms with van der Waals surface area (Å²) in [6.45, 7) is 0. The Morgan fingerprint density at radius 1 is 1.07 bits per heavy atom. The molecular formula is C6H11O7P. The first-order chi connectivity index (χ1) is 6.20. The molecule has 0 aromatic rings. The van der Waals surface area contributed by atoms with Gasteiger partial charge in [0.05, 0.1) is 6.16 Å². The van der Waals surface area contributed by atoms with Gasteiger partial charge < -0.3 is 20.0 Å². The van der Waals surface area contributed by atoms with Gasteiger partial charge in [-0.05, 0) is 5.92 Å². The van der Waals surface area contributed by atoms with Crippen LogP contribution >= 0.6 is 7.60 Å². The van der Waals surface area contributed by atoms with Crippen molar-refractivity contribution in [1.29, 1.82) is 0 Å². The summed E-state index contributed by atoms with van der Waals surface area (Å²) in [6, 6.07) is 0. The minimum atomic E-state index is -4.36. The number of carboxylic acid groups (broad SMARTS) is 2. The van der Waals surface area contributed by atoms with Gasteiger partial charge in [0.1, 0.15) is 0 Å². The minimum absolute atomic E-state index is 0.558. The Morgan fingerprint density at radius 3 is 1.64 bits per heavy atom. The summed E-state index contributed by atoms with van der Waals surface area (Å²) in [5.74, 6) is -3.58. The molecule has 0 aliphatic rings. The summed E-state index contributed by atoms with van der Waals surface area (Å²) in [5.41, 5.74) is 0. The van der Waals surface area contributed by atoms with Crippen LogP contribution in [0.1, 0.15) is 12.8 Å². The third-order valence-electron chi connectivity index (χ3n) is 1.42. The molecule has 7 nitrogen and oxygen atoms in total. The Kier molecular flexibility index (Phi) is 4.76. The molecule has 14 heavy (non-hydrogen) atoms. The fourth-order valence-corrected chi connectivity index (χ4v) is 1.96. The fraction of sp³-hybridized carbons (Fsp3) is 0.667. The van der Waals surface area contributed by atoms with Crippen LogP contribution in [0.4, 0.5) is 0 Å². The average molecular weight is 226 g/mol. The van der Waals surface area contributed by atoms with Crippen LogP contribution in [0.3, 0.4) is 0 Å². The second-order valence-electron chi connectivity index (χ2n) is 2.91. The van der Waals surface area contributed by atoms with Crippen molar-refractivity contribution in [3.8, 4) is 0 Å². The first-order valence-corrected chi connectivity index (χ1v) is 5.48. The van der Waals surface area contributed by atoms with Crippen molar-refractivity contribution in [2.75, 3.05) is 6.16 Å². The van der Waals surface area contributed by atoms with Gasteiger partial charge in [-0.15, -0.1) is 0 Å². The van der Waals surface area contributed by atoms with E-state index in [1.807, 2.05) is 0 Å². The fourth-order valence-electron chi connectivity index (χ4n) is 1.03. The van der Waals surface area contributed by atoms with Crippen molar-refractivity contribution in [2.45, 2.75) is 12.8 Å². The van der Waals surface area contributed by atoms with Gasteiger partial charge in [-0.1, -0.05) is 0 Å². The Labute approximate surface area is 79.5 Å². The maximum absolute atomic E-state index is 10.5. The van der Waals surface area contributed by atoms with E-state index in [9.17, 15) is 14.2 Å². The van der Waals surface area contributed by atoms with Gasteiger partial charge in [-0.3, -0.25) is 14.2 Å². The number of rotatable bonds is 6. The highest BCUT2D eigenvalue weighted by Gasteiger charge is 2.25. The number of aliphatic carboxylic acids is 2. The molecule has 0 saturated heterocycles. The van der Waals surface area contributed by atoms with E-state index in [1.165, 1.54) is 0 Å². The molecule has 8 heteroatoms. The Balaban J connectivity index is 4.32. The van der Waals surface area contributed by atoms with E-state index in [0.717, 1.165) is 0 Å². The van der Waals surface area contributed by atoms with Gasteiger partial charge in [-0.25, -0.2) is 0 Å². The van der Waals surface area contributed by atoms with Gasteiger partial charge in [0.2, 0.25) is 0 Å². The number of carboxylic acids is 2. The smallest absolute Gasteiger partial charge is 0.325 e. The molecule has 0 aromatic carbocycles. The molecule has 0 unspecified atom stereocenters. The molecule has 0 atom stereocenters. The van der Waals surface area contributed by atoms with Crippen LogP contribution in [0.5, 0.6) is 0 Å². The van der Waals surface area contributed by atoms with Crippen molar-refractivity contribution in [3.63, 3.8) is 0 Å². The molecule has 0 radical (unpaired) electrons. The van der Waals surface area contributed by atoms with Gasteiger partial charge in [0.15, 0.2) is 0 Å². The first kappa shape index (κ1) is 13.1. The minimum Gasteiger partial charge on any atom is -0.481 e. The van der Waals surface area contributed by atoms with Crippen LogP contribution in [-0.4, -0.2) is 38.1 Å². The monoisotopic (exact) mass is 226 g/mol. The van der Waals surface area contributed by atoms with Crippen molar-refractivity contribution in [2.24, 2.45) is 5.92 Å². The van der Waals surface area contributed by atoms with Gasteiger partial charge in [-0.2, -0.15) is 0 Å². The third kappa shape index (κ3) is 7.72. The van der Waals surface area contributed by atoms with Gasteiger partial charge in [0.25, 0.3) is 0 Å². The van der Waals surface area contributed by atoms with E-state index in [1.54, 1.807) is 0 Å². The Bertz CT molecular complexity index is 251. The molecule has 0 aliphatic carbocycles. The van der Waals surface area contributed by atoms with Crippen LogP contribution in [0.25, 0.3) is 0 Å². The van der Waals surface area contributed by atoms with Crippen LogP contribution in [0.2, 0.25) is 0 Å². The van der Waals surface area contributed by atoms with Gasteiger partial charge in [0, 0.05) is 12.8 Å². The molecule has 0 bridgehead atoms. The normalized spacial score (nSPS) is 11.6. The molecule has 0 fully saturated rings. The molecular weight excluding hydrogens is 215 g/mol. The lowest BCUT2D eigenvalue weighted by Gasteiger charge is -2.12. The average Bonchev–Trinajstić information content (AvgIpc) is 1.77. The highest BCUT2D eigenvalue weighted by molar-refractivity contribution is 7.51. The second-order valence-corrected chi connectivity index (χ2v) is 4.60. The maximum atomic E-state index is 10.5. The Morgan fingerprint density at radius 2 is 1.43 bits per heavy atom. The standard InChI is InChI=1S/C6H11O7P/c7-5(8)1-4(2-6(9)10)3-14(11,12)13/h4H,1-3H2,(H,7,8)(H,9,10)(H2,11,12,13). The quantitative estimate of drug-likeness (QED) is 0.458. The van der Waals surface area contributed by atoms with E-state index < -0.39 is 44.5 Å². The van der Waals surface area contributed by atoms with E-state index in [0.29, 0.717) is 0 Å². The predicted molar refractivity (Wildman–Crippen MR) is 44.9 cm³/mol. The molecule has 0 aromatic heterocycles. The number of carbonyl (C=O) groups is 2. The predicted octanol–water partition coefficient (Wildman–Crippen LogP) is -0.270. The lowest BCUT2D eigenvalue weighted by atomic mass is 10.0. The van der Waals surface area contributed by atoms with Crippen molar-refractivity contribution >= 4 is 19.5 Å². The number of hydrogen-bond donors (Lipinski definition) is 4. The molecule has 0 spiro atoms. The maximum Gasteiger partial charge on any atom is 0.325 e. The molecule has 4 N–H and O–H groups in total. The molecule has 0 heterocycles. The van der Waals surface area contributed by atoms with Crippen LogP contribution < -0.4 is 0 Å². The first-order valence-electron chi connectivity index (χ1n) is 3.69. The van der Waals surface area contributed by atoms with E-state index in [-0.39, 0.29) is 0 Å². The molecule has 0 aliphatic heterocycles. The second kappa shape index (κ2) is 5.09. The zero-order chi connectivity index (χ0) is 11.4. The lowest BCUT2D eigenvalue weighted by molar-refractivity contribution is -0.140.